The fraction of sp³-hybridized carbons (Fsp3) is 0.556. The maximum atomic E-state index is 11.3. The van der Waals surface area contributed by atoms with E-state index in [1.165, 1.54) is 11.1 Å². The minimum Gasteiger partial charge on any atom is -0.300 e. The minimum absolute atomic E-state index is 0.408. The molecule has 0 aromatic heterocycles. The third-order valence-electron chi connectivity index (χ3n) is 4.41. The van der Waals surface area contributed by atoms with Crippen LogP contribution in [0.2, 0.25) is 0 Å². The number of carbonyl (C=O) groups excluding carboxylic acids is 1. The summed E-state index contributed by atoms with van der Waals surface area (Å²) in [6, 6.07) is 8.84. The standard InChI is InChI=1S/C16H18N2O.C2H6/c17-11-12-1-2-14-10-15(4-3-13(14)9-12)18-7-5-16(19)6-8-18;1-2/h1-2,9,15H,3-8,10H2;1-2H3. The van der Waals surface area contributed by atoms with Crippen LogP contribution in [0.5, 0.6) is 0 Å². The number of ketones is 1. The van der Waals surface area contributed by atoms with Crippen LogP contribution in [0.3, 0.4) is 0 Å². The average Bonchev–Trinajstić information content (AvgIpc) is 2.56. The van der Waals surface area contributed by atoms with E-state index in [1.54, 1.807) is 0 Å². The van der Waals surface area contributed by atoms with E-state index in [0.717, 1.165) is 50.8 Å². The summed E-state index contributed by atoms with van der Waals surface area (Å²) >= 11 is 0. The topological polar surface area (TPSA) is 44.1 Å². The number of likely N-dealkylation sites (tertiary alicyclic amines) is 1. The van der Waals surface area contributed by atoms with Crippen LogP contribution in [0.25, 0.3) is 0 Å². The molecule has 0 amide bonds. The second-order valence-corrected chi connectivity index (χ2v) is 5.57. The van der Waals surface area contributed by atoms with Gasteiger partial charge in [0.2, 0.25) is 0 Å². The maximum absolute atomic E-state index is 11.3. The van der Waals surface area contributed by atoms with Crippen LogP contribution < -0.4 is 0 Å². The lowest BCUT2D eigenvalue weighted by atomic mass is 9.86. The monoisotopic (exact) mass is 284 g/mol. The van der Waals surface area contributed by atoms with Crippen molar-refractivity contribution in [3.8, 4) is 6.07 Å². The number of nitrogens with zero attached hydrogens (tertiary/aromatic N) is 2. The number of aryl methyl sites for hydroxylation is 1. The Hall–Kier alpha value is -1.66. The van der Waals surface area contributed by atoms with Crippen molar-refractivity contribution in [2.45, 2.75) is 52.0 Å². The largest absolute Gasteiger partial charge is 0.300 e. The Morgan fingerprint density at radius 1 is 1.14 bits per heavy atom. The number of hydrogen-bond acceptors (Lipinski definition) is 3. The molecule has 0 spiro atoms. The summed E-state index contributed by atoms with van der Waals surface area (Å²) in [5, 5.41) is 8.93. The van der Waals surface area contributed by atoms with Crippen LogP contribution >= 0.6 is 0 Å². The third kappa shape index (κ3) is 3.71. The minimum atomic E-state index is 0.408. The van der Waals surface area contributed by atoms with Gasteiger partial charge in [-0.1, -0.05) is 19.9 Å². The van der Waals surface area contributed by atoms with Crippen molar-refractivity contribution in [1.82, 2.24) is 4.90 Å². The van der Waals surface area contributed by atoms with Crippen LogP contribution in [0, 0.1) is 11.3 Å². The van der Waals surface area contributed by atoms with E-state index in [9.17, 15) is 4.79 Å². The van der Waals surface area contributed by atoms with Crippen molar-refractivity contribution in [3.63, 3.8) is 0 Å². The number of fused-ring (bicyclic) bond motifs is 1. The average molecular weight is 284 g/mol. The summed E-state index contributed by atoms with van der Waals surface area (Å²) in [6.07, 6.45) is 4.71. The molecule has 1 heterocycles. The number of carbonyl (C=O) groups is 1. The van der Waals surface area contributed by atoms with E-state index < -0.39 is 0 Å². The van der Waals surface area contributed by atoms with Gasteiger partial charge in [0.05, 0.1) is 11.6 Å². The summed E-state index contributed by atoms with van der Waals surface area (Å²) in [7, 11) is 0. The molecule has 1 aliphatic carbocycles. The quantitative estimate of drug-likeness (QED) is 0.796. The molecule has 1 saturated heterocycles. The molecule has 3 rings (SSSR count). The number of rotatable bonds is 1. The highest BCUT2D eigenvalue weighted by atomic mass is 16.1. The number of hydrogen-bond donors (Lipinski definition) is 0. The smallest absolute Gasteiger partial charge is 0.135 e. The molecular formula is C18H24N2O. The molecule has 0 radical (unpaired) electrons. The van der Waals surface area contributed by atoms with Crippen LogP contribution in [0.1, 0.15) is 49.8 Å². The molecule has 3 heteroatoms. The van der Waals surface area contributed by atoms with E-state index >= 15 is 0 Å². The van der Waals surface area contributed by atoms with Crippen LogP contribution in [0.15, 0.2) is 18.2 Å². The van der Waals surface area contributed by atoms with Crippen molar-refractivity contribution in [3.05, 3.63) is 34.9 Å². The molecule has 1 aliphatic heterocycles. The summed E-state index contributed by atoms with van der Waals surface area (Å²) in [5.41, 5.74) is 3.48. The predicted molar refractivity (Wildman–Crippen MR) is 84.1 cm³/mol. The number of nitriles is 1. The van der Waals surface area contributed by atoms with Crippen LogP contribution in [-0.2, 0) is 17.6 Å². The lowest BCUT2D eigenvalue weighted by Gasteiger charge is -2.37. The maximum Gasteiger partial charge on any atom is 0.135 e. The van der Waals surface area contributed by atoms with Gasteiger partial charge in [0.15, 0.2) is 0 Å². The summed E-state index contributed by atoms with van der Waals surface area (Å²) in [5.74, 6) is 0.408. The molecule has 1 fully saturated rings. The molecule has 0 bridgehead atoms. The first-order valence-corrected chi connectivity index (χ1v) is 8.04. The highest BCUT2D eigenvalue weighted by Gasteiger charge is 2.27. The second-order valence-electron chi connectivity index (χ2n) is 5.57. The Bertz CT molecular complexity index is 535. The van der Waals surface area contributed by atoms with E-state index in [4.69, 9.17) is 5.26 Å². The van der Waals surface area contributed by atoms with Gasteiger partial charge in [-0.3, -0.25) is 9.69 Å². The molecule has 1 atom stereocenters. The van der Waals surface area contributed by atoms with Crippen LogP contribution in [-0.4, -0.2) is 29.8 Å². The van der Waals surface area contributed by atoms with Crippen molar-refractivity contribution in [2.75, 3.05) is 13.1 Å². The molecule has 0 N–H and O–H groups in total. The van der Waals surface area contributed by atoms with Crippen LogP contribution in [0.4, 0.5) is 0 Å². The lowest BCUT2D eigenvalue weighted by Crippen LogP contribution is -2.44. The Kier molecular flexibility index (Phi) is 5.52. The van der Waals surface area contributed by atoms with Gasteiger partial charge in [-0.15, -0.1) is 0 Å². The molecule has 1 unspecified atom stereocenters. The molecule has 112 valence electrons. The normalized spacial score (nSPS) is 21.8. The first-order chi connectivity index (χ1) is 10.3. The molecule has 3 nitrogen and oxygen atoms in total. The summed E-state index contributed by atoms with van der Waals surface area (Å²) < 4.78 is 0. The van der Waals surface area contributed by atoms with Gasteiger partial charge < -0.3 is 0 Å². The summed E-state index contributed by atoms with van der Waals surface area (Å²) in [4.78, 5) is 13.8. The second kappa shape index (κ2) is 7.38. The zero-order valence-electron chi connectivity index (χ0n) is 13.1. The fourth-order valence-corrected chi connectivity index (χ4v) is 3.26. The van der Waals surface area contributed by atoms with E-state index in [0.29, 0.717) is 11.8 Å². The van der Waals surface area contributed by atoms with Gasteiger partial charge in [0, 0.05) is 32.0 Å². The van der Waals surface area contributed by atoms with Crippen molar-refractivity contribution < 1.29 is 4.79 Å². The number of Topliss-reactive ketones (excluding diaryl/α,β-unsaturated/α-hetero) is 1. The Labute approximate surface area is 127 Å². The fourth-order valence-electron chi connectivity index (χ4n) is 3.26. The molecule has 2 aliphatic rings. The Morgan fingerprint density at radius 3 is 2.52 bits per heavy atom. The van der Waals surface area contributed by atoms with Gasteiger partial charge in [0.1, 0.15) is 5.78 Å². The van der Waals surface area contributed by atoms with E-state index in [-0.39, 0.29) is 0 Å². The van der Waals surface area contributed by atoms with Crippen molar-refractivity contribution in [1.29, 1.82) is 5.26 Å². The molecule has 1 aromatic carbocycles. The van der Waals surface area contributed by atoms with E-state index in [1.807, 2.05) is 26.0 Å². The van der Waals surface area contributed by atoms with Gasteiger partial charge >= 0.3 is 0 Å². The lowest BCUT2D eigenvalue weighted by molar-refractivity contribution is -0.121. The highest BCUT2D eigenvalue weighted by Crippen LogP contribution is 2.26. The van der Waals surface area contributed by atoms with Gasteiger partial charge in [0.25, 0.3) is 0 Å². The van der Waals surface area contributed by atoms with Crippen molar-refractivity contribution in [2.24, 2.45) is 0 Å². The highest BCUT2D eigenvalue weighted by molar-refractivity contribution is 5.79. The van der Waals surface area contributed by atoms with E-state index in [2.05, 4.69) is 17.0 Å². The molecule has 1 aromatic rings. The molecular weight excluding hydrogens is 260 g/mol. The molecule has 0 saturated carbocycles. The Morgan fingerprint density at radius 2 is 1.86 bits per heavy atom. The first kappa shape index (κ1) is 15.7. The number of benzene rings is 1. The zero-order valence-corrected chi connectivity index (χ0v) is 13.1. The summed E-state index contributed by atoms with van der Waals surface area (Å²) in [6.45, 7) is 5.85. The Balaban J connectivity index is 0.000000774. The van der Waals surface area contributed by atoms with Crippen molar-refractivity contribution >= 4 is 5.78 Å². The van der Waals surface area contributed by atoms with Gasteiger partial charge in [-0.05, 0) is 42.5 Å². The SMILES string of the molecule is CC.N#Cc1ccc2c(c1)CCC(N1CCC(=O)CC1)C2. The first-order valence-electron chi connectivity index (χ1n) is 8.04. The van der Waals surface area contributed by atoms with Gasteiger partial charge in [-0.2, -0.15) is 5.26 Å². The number of piperidine rings is 1. The van der Waals surface area contributed by atoms with Gasteiger partial charge in [-0.25, -0.2) is 0 Å². The predicted octanol–water partition coefficient (Wildman–Crippen LogP) is 3.11. The zero-order chi connectivity index (χ0) is 15.2. The molecule has 21 heavy (non-hydrogen) atoms. The third-order valence-corrected chi connectivity index (χ3v) is 4.41.